The van der Waals surface area contributed by atoms with E-state index in [2.05, 4.69) is 37.8 Å². The van der Waals surface area contributed by atoms with Gasteiger partial charge in [-0.05, 0) is 11.8 Å². The summed E-state index contributed by atoms with van der Waals surface area (Å²) in [6, 6.07) is 0. The number of rotatable bonds is 5. The number of amides is 1. The first-order valence-corrected chi connectivity index (χ1v) is 6.57. The van der Waals surface area contributed by atoms with Crippen molar-refractivity contribution in [2.75, 3.05) is 12.8 Å². The molecule has 0 aromatic carbocycles. The molecule has 0 aliphatic carbocycles. The Balaban J connectivity index is 4.37. The normalized spacial score (nSPS) is 12.1. The lowest BCUT2D eigenvalue weighted by atomic mass is 9.93. The maximum absolute atomic E-state index is 10.9. The van der Waals surface area contributed by atoms with Gasteiger partial charge in [0.1, 0.15) is 5.04 Å². The maximum Gasteiger partial charge on any atom is 0.433 e. The Morgan fingerprint density at radius 3 is 2.65 bits per heavy atom. The second-order valence-corrected chi connectivity index (χ2v) is 5.95. The molecule has 98 valence electrons. The highest BCUT2D eigenvalue weighted by Crippen LogP contribution is 2.24. The Morgan fingerprint density at radius 1 is 1.53 bits per heavy atom. The van der Waals surface area contributed by atoms with E-state index < -0.39 is 6.09 Å². The fourth-order valence-corrected chi connectivity index (χ4v) is 2.11. The van der Waals surface area contributed by atoms with Gasteiger partial charge in [-0.2, -0.15) is 0 Å². The molecule has 0 fully saturated rings. The first-order valence-electron chi connectivity index (χ1n) is 5.58. The van der Waals surface area contributed by atoms with E-state index in [1.54, 1.807) is 11.8 Å². The average Bonchev–Trinajstić information content (AvgIpc) is 2.23. The molecule has 0 aliphatic rings. The SMILES string of the molecule is C=CCCSC(CC(C)(C)C)=NOC(=O)NC. The molecule has 0 aromatic rings. The van der Waals surface area contributed by atoms with Crippen LogP contribution >= 0.6 is 11.8 Å². The third kappa shape index (κ3) is 9.93. The third-order valence-electron chi connectivity index (χ3n) is 1.71. The van der Waals surface area contributed by atoms with Crippen LogP contribution in [0.15, 0.2) is 17.8 Å². The van der Waals surface area contributed by atoms with Gasteiger partial charge >= 0.3 is 6.09 Å². The van der Waals surface area contributed by atoms with E-state index in [-0.39, 0.29) is 5.41 Å². The van der Waals surface area contributed by atoms with Gasteiger partial charge in [0.15, 0.2) is 0 Å². The van der Waals surface area contributed by atoms with Crippen molar-refractivity contribution in [1.29, 1.82) is 0 Å². The number of hydrogen-bond acceptors (Lipinski definition) is 4. The van der Waals surface area contributed by atoms with E-state index in [0.29, 0.717) is 0 Å². The molecular formula is C12H22N2O2S. The molecule has 0 radical (unpaired) electrons. The molecule has 0 rings (SSSR count). The smallest absolute Gasteiger partial charge is 0.323 e. The summed E-state index contributed by atoms with van der Waals surface area (Å²) in [7, 11) is 1.51. The Bertz CT molecular complexity index is 283. The molecule has 0 spiro atoms. The largest absolute Gasteiger partial charge is 0.433 e. The summed E-state index contributed by atoms with van der Waals surface area (Å²) in [4.78, 5) is 15.7. The molecular weight excluding hydrogens is 236 g/mol. The summed E-state index contributed by atoms with van der Waals surface area (Å²) in [5, 5.41) is 7.08. The van der Waals surface area contributed by atoms with Gasteiger partial charge in [0.05, 0.1) is 0 Å². The number of carbonyl (C=O) groups excluding carboxylic acids is 1. The lowest BCUT2D eigenvalue weighted by molar-refractivity contribution is 0.153. The fourth-order valence-electron chi connectivity index (χ4n) is 0.961. The minimum atomic E-state index is -0.541. The molecule has 0 saturated carbocycles. The maximum atomic E-state index is 10.9. The molecule has 4 nitrogen and oxygen atoms in total. The quantitative estimate of drug-likeness (QED) is 0.205. The summed E-state index contributed by atoms with van der Waals surface area (Å²) in [6.07, 6.45) is 3.02. The van der Waals surface area contributed by atoms with Crippen molar-refractivity contribution in [1.82, 2.24) is 5.32 Å². The number of nitrogens with one attached hydrogen (secondary N) is 1. The van der Waals surface area contributed by atoms with Crippen molar-refractivity contribution in [3.63, 3.8) is 0 Å². The van der Waals surface area contributed by atoms with E-state index in [9.17, 15) is 4.79 Å². The number of thioether (sulfide) groups is 1. The van der Waals surface area contributed by atoms with Crippen LogP contribution in [-0.2, 0) is 4.84 Å². The average molecular weight is 258 g/mol. The molecule has 0 heterocycles. The van der Waals surface area contributed by atoms with Crippen LogP contribution in [0.2, 0.25) is 0 Å². The highest BCUT2D eigenvalue weighted by molar-refractivity contribution is 8.13. The summed E-state index contributed by atoms with van der Waals surface area (Å²) in [5.74, 6) is 0.898. The van der Waals surface area contributed by atoms with E-state index in [1.807, 2.05) is 6.08 Å². The molecule has 5 heteroatoms. The van der Waals surface area contributed by atoms with Gasteiger partial charge in [0.2, 0.25) is 0 Å². The van der Waals surface area contributed by atoms with Crippen LogP contribution in [0, 0.1) is 5.41 Å². The number of hydrogen-bond donors (Lipinski definition) is 1. The molecule has 0 atom stereocenters. The Kier molecular flexibility index (Phi) is 7.70. The second-order valence-electron chi connectivity index (χ2n) is 4.78. The van der Waals surface area contributed by atoms with Gasteiger partial charge in [-0.15, -0.1) is 18.3 Å². The van der Waals surface area contributed by atoms with Gasteiger partial charge in [-0.1, -0.05) is 32.0 Å². The van der Waals surface area contributed by atoms with Crippen molar-refractivity contribution < 1.29 is 9.63 Å². The van der Waals surface area contributed by atoms with Crippen LogP contribution in [0.5, 0.6) is 0 Å². The Morgan fingerprint density at radius 2 is 2.18 bits per heavy atom. The van der Waals surface area contributed by atoms with Crippen molar-refractivity contribution in [3.05, 3.63) is 12.7 Å². The zero-order valence-electron chi connectivity index (χ0n) is 11.1. The predicted molar refractivity (Wildman–Crippen MR) is 74.3 cm³/mol. The molecule has 1 N–H and O–H groups in total. The van der Waals surface area contributed by atoms with E-state index in [4.69, 9.17) is 4.84 Å². The van der Waals surface area contributed by atoms with Gasteiger partial charge in [-0.3, -0.25) is 4.84 Å². The summed E-state index contributed by atoms with van der Waals surface area (Å²) in [6.45, 7) is 10.0. The van der Waals surface area contributed by atoms with Crippen molar-refractivity contribution in [2.45, 2.75) is 33.6 Å². The van der Waals surface area contributed by atoms with E-state index in [0.717, 1.165) is 23.6 Å². The highest BCUT2D eigenvalue weighted by Gasteiger charge is 2.15. The minimum Gasteiger partial charge on any atom is -0.323 e. The first-order chi connectivity index (χ1) is 7.89. The fraction of sp³-hybridized carbons (Fsp3) is 0.667. The van der Waals surface area contributed by atoms with Crippen LogP contribution in [0.1, 0.15) is 33.6 Å². The topological polar surface area (TPSA) is 50.7 Å². The first kappa shape index (κ1) is 16.0. The predicted octanol–water partition coefficient (Wildman–Crippen LogP) is 3.40. The molecule has 0 unspecified atom stereocenters. The number of allylic oxidation sites excluding steroid dienone is 1. The molecule has 1 amide bonds. The standard InChI is InChI=1S/C12H22N2O2S/c1-6-7-8-17-10(9-12(2,3)4)14-16-11(15)13-5/h6H,1,7-9H2,2-5H3,(H,13,15). The summed E-state index contributed by atoms with van der Waals surface area (Å²) >= 11 is 1.60. The van der Waals surface area contributed by atoms with Crippen LogP contribution in [0.4, 0.5) is 4.79 Å². The van der Waals surface area contributed by atoms with Crippen molar-refractivity contribution in [2.24, 2.45) is 10.6 Å². The lowest BCUT2D eigenvalue weighted by Gasteiger charge is -2.18. The minimum absolute atomic E-state index is 0.117. The molecule has 17 heavy (non-hydrogen) atoms. The summed E-state index contributed by atoms with van der Waals surface area (Å²) < 4.78 is 0. The van der Waals surface area contributed by atoms with Crippen LogP contribution in [0.25, 0.3) is 0 Å². The van der Waals surface area contributed by atoms with Gasteiger partial charge in [-0.25, -0.2) is 4.79 Å². The van der Waals surface area contributed by atoms with Gasteiger partial charge in [0, 0.05) is 19.2 Å². The monoisotopic (exact) mass is 258 g/mol. The number of carbonyl (C=O) groups is 1. The summed E-state index contributed by atoms with van der Waals surface area (Å²) in [5.41, 5.74) is 0.117. The zero-order valence-corrected chi connectivity index (χ0v) is 11.9. The third-order valence-corrected chi connectivity index (χ3v) is 2.70. The Hall–Kier alpha value is -0.970. The molecule has 0 saturated heterocycles. The van der Waals surface area contributed by atoms with Crippen LogP contribution in [0.3, 0.4) is 0 Å². The van der Waals surface area contributed by atoms with Gasteiger partial charge in [0.25, 0.3) is 0 Å². The molecule has 0 aromatic heterocycles. The zero-order chi connectivity index (χ0) is 13.3. The van der Waals surface area contributed by atoms with Crippen LogP contribution in [-0.4, -0.2) is 23.9 Å². The number of oxime groups is 1. The van der Waals surface area contributed by atoms with Crippen molar-refractivity contribution >= 4 is 22.9 Å². The Labute approximate surface area is 108 Å². The highest BCUT2D eigenvalue weighted by atomic mass is 32.2. The number of nitrogens with zero attached hydrogens (tertiary/aromatic N) is 1. The lowest BCUT2D eigenvalue weighted by Crippen LogP contribution is -2.18. The van der Waals surface area contributed by atoms with E-state index >= 15 is 0 Å². The molecule has 0 aliphatic heterocycles. The molecule has 0 bridgehead atoms. The van der Waals surface area contributed by atoms with Crippen molar-refractivity contribution in [3.8, 4) is 0 Å². The second kappa shape index (κ2) is 8.17. The van der Waals surface area contributed by atoms with E-state index in [1.165, 1.54) is 7.05 Å². The van der Waals surface area contributed by atoms with Gasteiger partial charge < -0.3 is 5.32 Å². The van der Waals surface area contributed by atoms with Crippen LogP contribution < -0.4 is 5.32 Å².